The molecule has 0 aromatic heterocycles. The van der Waals surface area contributed by atoms with Crippen molar-refractivity contribution in [3.63, 3.8) is 0 Å². The second-order valence-electron chi connectivity index (χ2n) is 4.65. The van der Waals surface area contributed by atoms with Crippen LogP contribution in [0.2, 0.25) is 0 Å². The van der Waals surface area contributed by atoms with Crippen molar-refractivity contribution >= 4 is 12.1 Å². The maximum Gasteiger partial charge on any atom is 0.277 e. The number of nitrogens with one attached hydrogen (secondary N) is 1. The lowest BCUT2D eigenvalue weighted by atomic mass is 10.2. The van der Waals surface area contributed by atoms with Crippen LogP contribution in [0.4, 0.5) is 4.39 Å². The zero-order valence-electron chi connectivity index (χ0n) is 12.0. The van der Waals surface area contributed by atoms with Gasteiger partial charge in [-0.1, -0.05) is 0 Å². The Morgan fingerprint density at radius 1 is 1.22 bits per heavy atom. The highest BCUT2D eigenvalue weighted by Gasteiger charge is 2.12. The number of hydrogen-bond acceptors (Lipinski definition) is 5. The second-order valence-corrected chi connectivity index (χ2v) is 4.65. The van der Waals surface area contributed by atoms with Crippen LogP contribution in [0.3, 0.4) is 0 Å². The van der Waals surface area contributed by atoms with Gasteiger partial charge in [0.2, 0.25) is 6.79 Å². The first-order valence-electron chi connectivity index (χ1n) is 6.80. The zero-order valence-corrected chi connectivity index (χ0v) is 12.0. The van der Waals surface area contributed by atoms with Crippen LogP contribution in [0.15, 0.2) is 47.6 Å². The van der Waals surface area contributed by atoms with Crippen LogP contribution in [0, 0.1) is 5.82 Å². The van der Waals surface area contributed by atoms with Crippen molar-refractivity contribution in [3.05, 3.63) is 53.8 Å². The van der Waals surface area contributed by atoms with Crippen molar-refractivity contribution in [3.8, 4) is 17.2 Å². The van der Waals surface area contributed by atoms with Gasteiger partial charge in [-0.05, 0) is 48.0 Å². The number of rotatable bonds is 5. The Morgan fingerprint density at radius 3 is 2.83 bits per heavy atom. The Hall–Kier alpha value is -3.09. The third kappa shape index (κ3) is 3.97. The van der Waals surface area contributed by atoms with Crippen LogP contribution in [0.25, 0.3) is 0 Å². The lowest BCUT2D eigenvalue weighted by Crippen LogP contribution is -2.24. The molecule has 2 aromatic rings. The number of fused-ring (bicyclic) bond motifs is 1. The monoisotopic (exact) mass is 316 g/mol. The second kappa shape index (κ2) is 6.78. The molecule has 1 heterocycles. The predicted molar refractivity (Wildman–Crippen MR) is 80.2 cm³/mol. The highest BCUT2D eigenvalue weighted by molar-refractivity contribution is 5.83. The van der Waals surface area contributed by atoms with E-state index in [9.17, 15) is 9.18 Å². The minimum Gasteiger partial charge on any atom is -0.484 e. The lowest BCUT2D eigenvalue weighted by Gasteiger charge is -2.04. The van der Waals surface area contributed by atoms with E-state index in [1.165, 1.54) is 30.5 Å². The van der Waals surface area contributed by atoms with Crippen LogP contribution >= 0.6 is 0 Å². The average molecular weight is 316 g/mol. The Bertz CT molecular complexity index is 731. The maximum absolute atomic E-state index is 12.7. The molecule has 2 aromatic carbocycles. The molecular weight excluding hydrogens is 303 g/mol. The molecule has 7 heteroatoms. The molecule has 6 nitrogen and oxygen atoms in total. The van der Waals surface area contributed by atoms with E-state index >= 15 is 0 Å². The van der Waals surface area contributed by atoms with E-state index in [-0.39, 0.29) is 19.2 Å². The number of nitrogens with zero attached hydrogens (tertiary/aromatic N) is 1. The number of hydrazone groups is 1. The zero-order chi connectivity index (χ0) is 16.1. The van der Waals surface area contributed by atoms with Gasteiger partial charge >= 0.3 is 0 Å². The summed E-state index contributed by atoms with van der Waals surface area (Å²) in [5.41, 5.74) is 3.10. The van der Waals surface area contributed by atoms with Gasteiger partial charge in [-0.3, -0.25) is 4.79 Å². The number of ether oxygens (including phenoxy) is 3. The van der Waals surface area contributed by atoms with E-state index in [1.807, 2.05) is 0 Å². The molecule has 0 fully saturated rings. The average Bonchev–Trinajstić information content (AvgIpc) is 3.02. The molecule has 1 aliphatic heterocycles. The number of carbonyl (C=O) groups is 1. The Balaban J connectivity index is 1.47. The fourth-order valence-electron chi connectivity index (χ4n) is 1.88. The molecule has 0 atom stereocenters. The van der Waals surface area contributed by atoms with Crippen molar-refractivity contribution in [1.82, 2.24) is 5.43 Å². The molecule has 0 saturated heterocycles. The first-order valence-corrected chi connectivity index (χ1v) is 6.80. The van der Waals surface area contributed by atoms with Crippen molar-refractivity contribution in [2.45, 2.75) is 0 Å². The molecule has 1 N–H and O–H groups in total. The van der Waals surface area contributed by atoms with Crippen LogP contribution in [0.1, 0.15) is 5.56 Å². The standard InChI is InChI=1S/C16H13FN2O4/c17-12-2-4-13(5-3-12)21-9-16(20)19-18-8-11-1-6-14-15(7-11)23-10-22-14/h1-8H,9-10H2,(H,19,20). The van der Waals surface area contributed by atoms with E-state index < -0.39 is 5.91 Å². The van der Waals surface area contributed by atoms with Gasteiger partial charge in [-0.2, -0.15) is 5.10 Å². The van der Waals surface area contributed by atoms with Gasteiger partial charge < -0.3 is 14.2 Å². The molecule has 0 saturated carbocycles. The molecule has 0 unspecified atom stereocenters. The van der Waals surface area contributed by atoms with Crippen LogP contribution in [-0.2, 0) is 4.79 Å². The van der Waals surface area contributed by atoms with Crippen molar-refractivity contribution < 1.29 is 23.4 Å². The summed E-state index contributed by atoms with van der Waals surface area (Å²) in [5.74, 6) is 0.932. The number of halogens is 1. The molecule has 3 rings (SSSR count). The molecule has 23 heavy (non-hydrogen) atoms. The summed E-state index contributed by atoms with van der Waals surface area (Å²) in [5, 5.41) is 3.83. The summed E-state index contributed by atoms with van der Waals surface area (Å²) in [6.07, 6.45) is 1.48. The SMILES string of the molecule is O=C(COc1ccc(F)cc1)NN=Cc1ccc2c(c1)OCO2. The molecule has 1 aliphatic rings. The van der Waals surface area contributed by atoms with E-state index in [2.05, 4.69) is 10.5 Å². The van der Waals surface area contributed by atoms with E-state index in [0.29, 0.717) is 17.2 Å². The van der Waals surface area contributed by atoms with Gasteiger partial charge in [0.05, 0.1) is 6.21 Å². The quantitative estimate of drug-likeness (QED) is 0.677. The summed E-state index contributed by atoms with van der Waals surface area (Å²) in [4.78, 5) is 11.6. The summed E-state index contributed by atoms with van der Waals surface area (Å²) in [7, 11) is 0. The Labute approximate surface area is 131 Å². The lowest BCUT2D eigenvalue weighted by molar-refractivity contribution is -0.123. The van der Waals surface area contributed by atoms with Crippen LogP contribution in [-0.4, -0.2) is 25.5 Å². The summed E-state index contributed by atoms with van der Waals surface area (Å²) in [6, 6.07) is 10.7. The fraction of sp³-hybridized carbons (Fsp3) is 0.125. The fourth-order valence-corrected chi connectivity index (χ4v) is 1.88. The van der Waals surface area contributed by atoms with Gasteiger partial charge in [0.15, 0.2) is 18.1 Å². The van der Waals surface area contributed by atoms with Gasteiger partial charge in [0.25, 0.3) is 5.91 Å². The van der Waals surface area contributed by atoms with Gasteiger partial charge in [-0.25, -0.2) is 9.82 Å². The minimum atomic E-state index is -0.425. The van der Waals surface area contributed by atoms with Crippen molar-refractivity contribution in [1.29, 1.82) is 0 Å². The van der Waals surface area contributed by atoms with Crippen LogP contribution in [0.5, 0.6) is 17.2 Å². The Kier molecular flexibility index (Phi) is 4.37. The summed E-state index contributed by atoms with van der Waals surface area (Å²) in [6.45, 7) is -0.0164. The van der Waals surface area contributed by atoms with Gasteiger partial charge in [0.1, 0.15) is 11.6 Å². The molecule has 0 aliphatic carbocycles. The molecule has 118 valence electrons. The smallest absolute Gasteiger partial charge is 0.277 e. The largest absolute Gasteiger partial charge is 0.484 e. The van der Waals surface area contributed by atoms with E-state index in [4.69, 9.17) is 14.2 Å². The first kappa shape index (κ1) is 14.8. The third-order valence-electron chi connectivity index (χ3n) is 2.98. The first-order chi connectivity index (χ1) is 11.2. The molecule has 0 radical (unpaired) electrons. The third-order valence-corrected chi connectivity index (χ3v) is 2.98. The van der Waals surface area contributed by atoms with Crippen LogP contribution < -0.4 is 19.6 Å². The predicted octanol–water partition coefficient (Wildman–Crippen LogP) is 2.08. The molecular formula is C16H13FN2O4. The van der Waals surface area contributed by atoms with E-state index in [0.717, 1.165) is 5.56 Å². The van der Waals surface area contributed by atoms with E-state index in [1.54, 1.807) is 18.2 Å². The number of amides is 1. The number of benzene rings is 2. The number of carbonyl (C=O) groups excluding carboxylic acids is 1. The molecule has 0 bridgehead atoms. The minimum absolute atomic E-state index is 0.202. The van der Waals surface area contributed by atoms with Gasteiger partial charge in [0, 0.05) is 0 Å². The maximum atomic E-state index is 12.7. The number of hydrogen-bond donors (Lipinski definition) is 1. The highest BCUT2D eigenvalue weighted by atomic mass is 19.1. The Morgan fingerprint density at radius 2 is 2.00 bits per heavy atom. The van der Waals surface area contributed by atoms with Crippen molar-refractivity contribution in [2.24, 2.45) is 5.10 Å². The summed E-state index contributed by atoms with van der Waals surface area (Å²) < 4.78 is 28.4. The van der Waals surface area contributed by atoms with Gasteiger partial charge in [-0.15, -0.1) is 0 Å². The summed E-state index contributed by atoms with van der Waals surface area (Å²) >= 11 is 0. The molecule has 1 amide bonds. The highest BCUT2D eigenvalue weighted by Crippen LogP contribution is 2.31. The molecule has 0 spiro atoms. The topological polar surface area (TPSA) is 69.2 Å². The van der Waals surface area contributed by atoms with Crippen molar-refractivity contribution in [2.75, 3.05) is 13.4 Å². The normalized spacial score (nSPS) is 12.4.